The highest BCUT2D eigenvalue weighted by Gasteiger charge is 2.34. The zero-order valence-corrected chi connectivity index (χ0v) is 12.6. The average Bonchev–Trinajstić information content (AvgIpc) is 2.82. The number of carbonyl (C=O) groups is 3. The number of hydrogen-bond acceptors (Lipinski definition) is 5. The van der Waals surface area contributed by atoms with Gasteiger partial charge < -0.3 is 14.4 Å². The van der Waals surface area contributed by atoms with E-state index < -0.39 is 23.6 Å². The van der Waals surface area contributed by atoms with E-state index >= 15 is 0 Å². The summed E-state index contributed by atoms with van der Waals surface area (Å²) in [7, 11) is 1.31. The minimum absolute atomic E-state index is 0.0283. The Hall–Kier alpha value is -1.59. The molecule has 6 nitrogen and oxygen atoms in total. The highest BCUT2D eigenvalue weighted by molar-refractivity contribution is 5.87. The quantitative estimate of drug-likeness (QED) is 0.727. The van der Waals surface area contributed by atoms with E-state index in [1.165, 1.54) is 12.0 Å². The molecule has 0 aromatic rings. The molecule has 1 fully saturated rings. The van der Waals surface area contributed by atoms with Gasteiger partial charge in [-0.15, -0.1) is 0 Å². The van der Waals surface area contributed by atoms with Gasteiger partial charge in [-0.05, 0) is 33.6 Å². The Morgan fingerprint density at radius 3 is 2.40 bits per heavy atom. The van der Waals surface area contributed by atoms with Crippen molar-refractivity contribution in [3.63, 3.8) is 0 Å². The fourth-order valence-corrected chi connectivity index (χ4v) is 2.19. The second-order valence-corrected chi connectivity index (χ2v) is 5.85. The number of methoxy groups -OCH3 is 1. The van der Waals surface area contributed by atoms with Crippen molar-refractivity contribution in [2.45, 2.75) is 58.1 Å². The normalized spacial score (nSPS) is 18.8. The van der Waals surface area contributed by atoms with Crippen molar-refractivity contribution in [3.05, 3.63) is 0 Å². The molecular formula is C14H23NO5. The minimum Gasteiger partial charge on any atom is -0.467 e. The zero-order valence-electron chi connectivity index (χ0n) is 12.6. The number of rotatable bonds is 4. The summed E-state index contributed by atoms with van der Waals surface area (Å²) in [6.45, 7) is 5.87. The van der Waals surface area contributed by atoms with Gasteiger partial charge in [-0.25, -0.2) is 4.79 Å². The molecule has 1 unspecified atom stereocenters. The van der Waals surface area contributed by atoms with Gasteiger partial charge in [0.25, 0.3) is 0 Å². The lowest BCUT2D eigenvalue weighted by Crippen LogP contribution is -2.41. The summed E-state index contributed by atoms with van der Waals surface area (Å²) in [5, 5.41) is 0. The van der Waals surface area contributed by atoms with E-state index in [9.17, 15) is 14.4 Å². The van der Waals surface area contributed by atoms with Crippen LogP contribution in [0.2, 0.25) is 0 Å². The molecule has 1 amide bonds. The summed E-state index contributed by atoms with van der Waals surface area (Å²) in [4.78, 5) is 36.7. The summed E-state index contributed by atoms with van der Waals surface area (Å²) in [6.07, 6.45) is 1.48. The second-order valence-electron chi connectivity index (χ2n) is 5.85. The molecule has 1 aliphatic rings. The Kier molecular flexibility index (Phi) is 5.53. The Labute approximate surface area is 119 Å². The first-order chi connectivity index (χ1) is 9.24. The third-order valence-electron chi connectivity index (χ3n) is 3.01. The molecule has 114 valence electrons. The van der Waals surface area contributed by atoms with Gasteiger partial charge >= 0.3 is 11.9 Å². The average molecular weight is 285 g/mol. The minimum atomic E-state index is -0.553. The molecular weight excluding hydrogens is 262 g/mol. The maximum absolute atomic E-state index is 12.1. The first-order valence-electron chi connectivity index (χ1n) is 6.84. The summed E-state index contributed by atoms with van der Waals surface area (Å²) in [5.41, 5.74) is -0.553. The van der Waals surface area contributed by atoms with Gasteiger partial charge in [0, 0.05) is 13.0 Å². The third kappa shape index (κ3) is 4.83. The molecule has 1 heterocycles. The number of carbonyl (C=O) groups excluding carboxylic acids is 3. The van der Waals surface area contributed by atoms with E-state index in [4.69, 9.17) is 4.74 Å². The molecule has 1 aliphatic heterocycles. The van der Waals surface area contributed by atoms with Gasteiger partial charge in [-0.2, -0.15) is 0 Å². The third-order valence-corrected chi connectivity index (χ3v) is 3.01. The van der Waals surface area contributed by atoms with E-state index in [0.29, 0.717) is 13.0 Å². The van der Waals surface area contributed by atoms with E-state index in [2.05, 4.69) is 4.74 Å². The number of esters is 2. The largest absolute Gasteiger partial charge is 0.467 e. The standard InChI is InChI=1S/C14H23NO5/c1-14(2,3)20-12(17)8-7-11(16)15-9-5-6-10(15)13(18)19-4/h10H,5-9H2,1-4H3. The fraction of sp³-hybridized carbons (Fsp3) is 0.786. The lowest BCUT2D eigenvalue weighted by molar-refractivity contribution is -0.157. The van der Waals surface area contributed by atoms with E-state index in [0.717, 1.165) is 6.42 Å². The molecule has 0 aromatic carbocycles. The van der Waals surface area contributed by atoms with Crippen molar-refractivity contribution in [1.29, 1.82) is 0 Å². The molecule has 1 atom stereocenters. The topological polar surface area (TPSA) is 72.9 Å². The molecule has 0 N–H and O–H groups in total. The lowest BCUT2D eigenvalue weighted by atomic mass is 10.2. The summed E-state index contributed by atoms with van der Waals surface area (Å²) >= 11 is 0. The van der Waals surface area contributed by atoms with Gasteiger partial charge in [-0.1, -0.05) is 0 Å². The van der Waals surface area contributed by atoms with Gasteiger partial charge in [0.05, 0.1) is 13.5 Å². The molecule has 6 heteroatoms. The Bertz CT molecular complexity index is 386. The van der Waals surface area contributed by atoms with Crippen molar-refractivity contribution >= 4 is 17.8 Å². The van der Waals surface area contributed by atoms with Gasteiger partial charge in [0.15, 0.2) is 0 Å². The lowest BCUT2D eigenvalue weighted by Gasteiger charge is -2.23. The first kappa shape index (κ1) is 16.5. The molecule has 0 bridgehead atoms. The van der Waals surface area contributed by atoms with Crippen LogP contribution in [0.15, 0.2) is 0 Å². The molecule has 0 aliphatic carbocycles. The Balaban J connectivity index is 2.46. The van der Waals surface area contributed by atoms with Crippen LogP contribution < -0.4 is 0 Å². The summed E-state index contributed by atoms with van der Waals surface area (Å²) in [5.74, 6) is -1.00. The zero-order chi connectivity index (χ0) is 15.3. The van der Waals surface area contributed by atoms with Crippen LogP contribution in [0.4, 0.5) is 0 Å². The number of hydrogen-bond donors (Lipinski definition) is 0. The van der Waals surface area contributed by atoms with Crippen molar-refractivity contribution in [1.82, 2.24) is 4.90 Å². The summed E-state index contributed by atoms with van der Waals surface area (Å²) < 4.78 is 9.83. The van der Waals surface area contributed by atoms with Crippen LogP contribution in [0.1, 0.15) is 46.5 Å². The molecule has 1 saturated heterocycles. The number of nitrogens with zero attached hydrogens (tertiary/aromatic N) is 1. The van der Waals surface area contributed by atoms with Crippen LogP contribution in [-0.2, 0) is 23.9 Å². The van der Waals surface area contributed by atoms with Crippen LogP contribution in [0, 0.1) is 0 Å². The van der Waals surface area contributed by atoms with Crippen LogP contribution in [0.25, 0.3) is 0 Å². The number of likely N-dealkylation sites (tertiary alicyclic amines) is 1. The molecule has 0 radical (unpaired) electrons. The molecule has 20 heavy (non-hydrogen) atoms. The predicted octanol–water partition coefficient (Wildman–Crippen LogP) is 1.27. The van der Waals surface area contributed by atoms with Gasteiger partial charge in [-0.3, -0.25) is 9.59 Å². The van der Waals surface area contributed by atoms with Crippen molar-refractivity contribution in [3.8, 4) is 0 Å². The first-order valence-corrected chi connectivity index (χ1v) is 6.84. The molecule has 1 rings (SSSR count). The van der Waals surface area contributed by atoms with Crippen LogP contribution in [0.3, 0.4) is 0 Å². The summed E-state index contributed by atoms with van der Waals surface area (Å²) in [6, 6.07) is -0.508. The van der Waals surface area contributed by atoms with Gasteiger partial charge in [0.1, 0.15) is 11.6 Å². The highest BCUT2D eigenvalue weighted by Crippen LogP contribution is 2.20. The number of ether oxygens (including phenoxy) is 2. The maximum atomic E-state index is 12.1. The monoisotopic (exact) mass is 285 g/mol. The van der Waals surface area contributed by atoms with E-state index in [1.54, 1.807) is 20.8 Å². The van der Waals surface area contributed by atoms with Crippen LogP contribution in [-0.4, -0.2) is 48.0 Å². The Morgan fingerprint density at radius 2 is 1.85 bits per heavy atom. The fourth-order valence-electron chi connectivity index (χ4n) is 2.19. The van der Waals surface area contributed by atoms with Crippen molar-refractivity contribution < 1.29 is 23.9 Å². The SMILES string of the molecule is COC(=O)C1CCCN1C(=O)CCC(=O)OC(C)(C)C. The molecule has 0 aromatic heterocycles. The number of amides is 1. The van der Waals surface area contributed by atoms with Crippen molar-refractivity contribution in [2.75, 3.05) is 13.7 Å². The van der Waals surface area contributed by atoms with Gasteiger partial charge in [0.2, 0.25) is 5.91 Å². The van der Waals surface area contributed by atoms with E-state index in [-0.39, 0.29) is 18.7 Å². The smallest absolute Gasteiger partial charge is 0.328 e. The molecule has 0 spiro atoms. The van der Waals surface area contributed by atoms with Crippen molar-refractivity contribution in [2.24, 2.45) is 0 Å². The predicted molar refractivity (Wildman–Crippen MR) is 71.8 cm³/mol. The van der Waals surface area contributed by atoms with Crippen LogP contribution >= 0.6 is 0 Å². The molecule has 0 saturated carbocycles. The Morgan fingerprint density at radius 1 is 1.20 bits per heavy atom. The second kappa shape index (κ2) is 6.72. The van der Waals surface area contributed by atoms with E-state index in [1.807, 2.05) is 0 Å². The maximum Gasteiger partial charge on any atom is 0.328 e. The van der Waals surface area contributed by atoms with Crippen LogP contribution in [0.5, 0.6) is 0 Å². The highest BCUT2D eigenvalue weighted by atomic mass is 16.6.